The Morgan fingerprint density at radius 2 is 2.00 bits per heavy atom. The van der Waals surface area contributed by atoms with Gasteiger partial charge in [0.25, 0.3) is 0 Å². The zero-order valence-corrected chi connectivity index (χ0v) is 13.0. The van der Waals surface area contributed by atoms with E-state index in [1.54, 1.807) is 23.5 Å². The molecule has 0 radical (unpaired) electrons. The molecule has 0 bridgehead atoms. The van der Waals surface area contributed by atoms with Gasteiger partial charge in [-0.05, 0) is 47.0 Å². The van der Waals surface area contributed by atoms with Crippen molar-refractivity contribution >= 4 is 37.4 Å². The fraction of sp³-hybridized carbons (Fsp3) is 0.125. The molecule has 3 aromatic rings. The molecular formula is C16H13BrFNS. The molecule has 1 aromatic heterocycles. The van der Waals surface area contributed by atoms with E-state index in [0.29, 0.717) is 12.0 Å². The van der Waals surface area contributed by atoms with Crippen LogP contribution in [0.15, 0.2) is 52.3 Å². The van der Waals surface area contributed by atoms with Crippen molar-refractivity contribution in [1.29, 1.82) is 0 Å². The van der Waals surface area contributed by atoms with Crippen molar-refractivity contribution < 1.29 is 4.39 Å². The number of hydrogen-bond donors (Lipinski definition) is 1. The summed E-state index contributed by atoms with van der Waals surface area (Å²) < 4.78 is 16.0. The van der Waals surface area contributed by atoms with Gasteiger partial charge >= 0.3 is 0 Å². The Hall–Kier alpha value is -1.23. The molecule has 0 saturated heterocycles. The highest BCUT2D eigenvalue weighted by Crippen LogP contribution is 2.30. The van der Waals surface area contributed by atoms with E-state index in [1.807, 2.05) is 12.1 Å². The number of halogens is 2. The molecule has 1 nitrogen and oxygen atoms in total. The first-order chi connectivity index (χ1) is 9.65. The molecule has 0 aliphatic rings. The molecule has 1 unspecified atom stereocenters. The van der Waals surface area contributed by atoms with Crippen LogP contribution in [-0.4, -0.2) is 0 Å². The van der Waals surface area contributed by atoms with Crippen LogP contribution >= 0.6 is 27.3 Å². The predicted molar refractivity (Wildman–Crippen MR) is 86.6 cm³/mol. The highest BCUT2D eigenvalue weighted by atomic mass is 79.9. The molecular weight excluding hydrogens is 337 g/mol. The van der Waals surface area contributed by atoms with Gasteiger partial charge in [0.1, 0.15) is 5.82 Å². The van der Waals surface area contributed by atoms with Gasteiger partial charge in [-0.25, -0.2) is 4.39 Å². The fourth-order valence-electron chi connectivity index (χ4n) is 2.34. The average Bonchev–Trinajstić information content (AvgIpc) is 2.85. The molecule has 2 aromatic carbocycles. The number of rotatable bonds is 3. The first-order valence-corrected chi connectivity index (χ1v) is 7.98. The van der Waals surface area contributed by atoms with Gasteiger partial charge < -0.3 is 5.73 Å². The van der Waals surface area contributed by atoms with Gasteiger partial charge in [-0.3, -0.25) is 0 Å². The average molecular weight is 350 g/mol. The molecule has 4 heteroatoms. The third-order valence-electron chi connectivity index (χ3n) is 3.36. The minimum absolute atomic E-state index is 0.250. The number of benzene rings is 2. The van der Waals surface area contributed by atoms with Gasteiger partial charge in [0.05, 0.1) is 0 Å². The largest absolute Gasteiger partial charge is 0.324 e. The first-order valence-electron chi connectivity index (χ1n) is 6.31. The lowest BCUT2D eigenvalue weighted by atomic mass is 9.99. The lowest BCUT2D eigenvalue weighted by molar-refractivity contribution is 0.580. The summed E-state index contributed by atoms with van der Waals surface area (Å²) >= 11 is 5.06. The number of hydrogen-bond acceptors (Lipinski definition) is 2. The summed E-state index contributed by atoms with van der Waals surface area (Å²) in [6.07, 6.45) is 0.636. The van der Waals surface area contributed by atoms with Crippen molar-refractivity contribution in [3.05, 3.63) is 69.3 Å². The molecule has 20 heavy (non-hydrogen) atoms. The third-order valence-corrected chi connectivity index (χ3v) is 4.86. The summed E-state index contributed by atoms with van der Waals surface area (Å²) in [5, 5.41) is 3.32. The maximum Gasteiger partial charge on any atom is 0.128 e. The molecule has 0 aliphatic carbocycles. The summed E-state index contributed by atoms with van der Waals surface area (Å²) in [5.41, 5.74) is 7.92. The maximum absolute atomic E-state index is 13.9. The van der Waals surface area contributed by atoms with Crippen molar-refractivity contribution in [1.82, 2.24) is 0 Å². The summed E-state index contributed by atoms with van der Waals surface area (Å²) in [7, 11) is 0. The Kier molecular flexibility index (Phi) is 3.87. The lowest BCUT2D eigenvalue weighted by Gasteiger charge is -2.13. The van der Waals surface area contributed by atoms with Crippen LogP contribution in [0.2, 0.25) is 0 Å². The second-order valence-electron chi connectivity index (χ2n) is 4.73. The normalized spacial score (nSPS) is 12.8. The Balaban J connectivity index is 1.92. The molecule has 1 atom stereocenters. The van der Waals surface area contributed by atoms with Crippen LogP contribution in [0.4, 0.5) is 4.39 Å². The van der Waals surface area contributed by atoms with Crippen molar-refractivity contribution in [2.45, 2.75) is 12.5 Å². The van der Waals surface area contributed by atoms with E-state index < -0.39 is 0 Å². The Morgan fingerprint density at radius 3 is 2.85 bits per heavy atom. The van der Waals surface area contributed by atoms with E-state index >= 15 is 0 Å². The molecule has 0 amide bonds. The van der Waals surface area contributed by atoms with Gasteiger partial charge in [0.2, 0.25) is 0 Å². The van der Waals surface area contributed by atoms with Crippen molar-refractivity contribution in [2.24, 2.45) is 5.73 Å². The van der Waals surface area contributed by atoms with Gasteiger partial charge in [0.15, 0.2) is 0 Å². The van der Waals surface area contributed by atoms with Gasteiger partial charge in [-0.2, -0.15) is 0 Å². The SMILES string of the molecule is NC(Cc1csc2ccccc12)c1cc(Br)ccc1F. The summed E-state index contributed by atoms with van der Waals surface area (Å²) in [5.74, 6) is -0.250. The van der Waals surface area contributed by atoms with Crippen LogP contribution in [0.3, 0.4) is 0 Å². The zero-order chi connectivity index (χ0) is 14.1. The highest BCUT2D eigenvalue weighted by molar-refractivity contribution is 9.10. The second-order valence-corrected chi connectivity index (χ2v) is 6.56. The minimum atomic E-state index is -0.342. The topological polar surface area (TPSA) is 26.0 Å². The smallest absolute Gasteiger partial charge is 0.128 e. The van der Waals surface area contributed by atoms with E-state index in [4.69, 9.17) is 5.73 Å². The number of thiophene rings is 1. The van der Waals surface area contributed by atoms with Crippen molar-refractivity contribution in [2.75, 3.05) is 0 Å². The van der Waals surface area contributed by atoms with Gasteiger partial charge in [0, 0.05) is 20.8 Å². The molecule has 3 rings (SSSR count). The highest BCUT2D eigenvalue weighted by Gasteiger charge is 2.14. The second kappa shape index (κ2) is 5.64. The number of nitrogens with two attached hydrogens (primary N) is 1. The third kappa shape index (κ3) is 2.64. The van der Waals surface area contributed by atoms with Crippen LogP contribution < -0.4 is 5.73 Å². The molecule has 0 aliphatic heterocycles. The van der Waals surface area contributed by atoms with Crippen LogP contribution in [0.1, 0.15) is 17.2 Å². The minimum Gasteiger partial charge on any atom is -0.324 e. The molecule has 102 valence electrons. The van der Waals surface area contributed by atoms with E-state index in [0.717, 1.165) is 4.47 Å². The molecule has 0 fully saturated rings. The fourth-order valence-corrected chi connectivity index (χ4v) is 3.69. The van der Waals surface area contributed by atoms with Gasteiger partial charge in [-0.15, -0.1) is 11.3 Å². The Morgan fingerprint density at radius 1 is 1.20 bits per heavy atom. The molecule has 0 spiro atoms. The van der Waals surface area contributed by atoms with Crippen LogP contribution in [0, 0.1) is 5.82 Å². The Bertz CT molecular complexity index is 753. The molecule has 0 saturated carbocycles. The lowest BCUT2D eigenvalue weighted by Crippen LogP contribution is -2.14. The van der Waals surface area contributed by atoms with Crippen LogP contribution in [0.25, 0.3) is 10.1 Å². The maximum atomic E-state index is 13.9. The molecule has 2 N–H and O–H groups in total. The Labute approximate surface area is 129 Å². The quantitative estimate of drug-likeness (QED) is 0.703. The summed E-state index contributed by atoms with van der Waals surface area (Å²) in [4.78, 5) is 0. The van der Waals surface area contributed by atoms with Crippen molar-refractivity contribution in [3.8, 4) is 0 Å². The van der Waals surface area contributed by atoms with E-state index in [-0.39, 0.29) is 11.9 Å². The van der Waals surface area contributed by atoms with Crippen LogP contribution in [-0.2, 0) is 6.42 Å². The predicted octanol–water partition coefficient (Wildman–Crippen LogP) is 5.05. The van der Waals surface area contributed by atoms with E-state index in [1.165, 1.54) is 21.7 Å². The molecule has 1 heterocycles. The summed E-state index contributed by atoms with van der Waals surface area (Å²) in [6, 6.07) is 12.8. The first kappa shape index (κ1) is 13.7. The van der Waals surface area contributed by atoms with E-state index in [2.05, 4.69) is 33.4 Å². The van der Waals surface area contributed by atoms with Crippen LogP contribution in [0.5, 0.6) is 0 Å². The zero-order valence-electron chi connectivity index (χ0n) is 10.6. The summed E-state index contributed by atoms with van der Waals surface area (Å²) in [6.45, 7) is 0. The van der Waals surface area contributed by atoms with E-state index in [9.17, 15) is 4.39 Å². The van der Waals surface area contributed by atoms with Gasteiger partial charge in [-0.1, -0.05) is 34.1 Å². The van der Waals surface area contributed by atoms with Crippen molar-refractivity contribution in [3.63, 3.8) is 0 Å². The monoisotopic (exact) mass is 349 g/mol. The number of fused-ring (bicyclic) bond motifs is 1. The standard InChI is InChI=1S/C16H13BrFNS/c17-11-5-6-14(18)13(8-11)15(19)7-10-9-20-16-4-2-1-3-12(10)16/h1-6,8-9,15H,7,19H2.